The highest BCUT2D eigenvalue weighted by Gasteiger charge is 2.17. The second-order valence-corrected chi connectivity index (χ2v) is 5.48. The minimum absolute atomic E-state index is 0.524. The van der Waals surface area contributed by atoms with Crippen LogP contribution in [0.4, 0.5) is 0 Å². The van der Waals surface area contributed by atoms with Gasteiger partial charge in [0, 0.05) is 9.58 Å². The molecule has 0 bridgehead atoms. The van der Waals surface area contributed by atoms with Gasteiger partial charge in [0.25, 0.3) is 0 Å². The maximum Gasteiger partial charge on any atom is 0.113 e. The fraction of sp³-hybridized carbons (Fsp3) is 0.125. The predicted octanol–water partition coefficient (Wildman–Crippen LogP) is 4.29. The minimum Gasteiger partial charge on any atom is -0.383 e. The zero-order valence-corrected chi connectivity index (χ0v) is 10.9. The minimum atomic E-state index is -0.524. The molecule has 0 aliphatic carbocycles. The van der Waals surface area contributed by atoms with Gasteiger partial charge in [-0.05, 0) is 29.5 Å². The van der Waals surface area contributed by atoms with Gasteiger partial charge in [-0.3, -0.25) is 0 Å². The van der Waals surface area contributed by atoms with Crippen LogP contribution in [0.2, 0.25) is 0 Å². The summed E-state index contributed by atoms with van der Waals surface area (Å²) in [5, 5.41) is 11.7. The molecule has 1 unspecified atom stereocenters. The van der Waals surface area contributed by atoms with Crippen molar-refractivity contribution in [2.75, 3.05) is 0 Å². The molecule has 0 spiro atoms. The summed E-state index contributed by atoms with van der Waals surface area (Å²) < 4.78 is 1.24. The zero-order chi connectivity index (χ0) is 12.5. The van der Waals surface area contributed by atoms with E-state index in [2.05, 4.69) is 19.1 Å². The number of fused-ring (bicyclic) bond motifs is 1. The Labute approximate surface area is 110 Å². The molecule has 1 heterocycles. The van der Waals surface area contributed by atoms with Gasteiger partial charge in [-0.1, -0.05) is 48.5 Å². The third kappa shape index (κ3) is 1.84. The normalized spacial score (nSPS) is 12.8. The van der Waals surface area contributed by atoms with E-state index in [0.717, 1.165) is 10.4 Å². The largest absolute Gasteiger partial charge is 0.383 e. The Morgan fingerprint density at radius 1 is 0.944 bits per heavy atom. The van der Waals surface area contributed by atoms with Crippen LogP contribution in [0.3, 0.4) is 0 Å². The summed E-state index contributed by atoms with van der Waals surface area (Å²) in [7, 11) is 0. The highest BCUT2D eigenvalue weighted by Crippen LogP contribution is 2.36. The van der Waals surface area contributed by atoms with Crippen molar-refractivity contribution >= 4 is 21.4 Å². The van der Waals surface area contributed by atoms with E-state index in [1.807, 2.05) is 42.5 Å². The third-order valence-electron chi connectivity index (χ3n) is 3.24. The van der Waals surface area contributed by atoms with Gasteiger partial charge in [0.05, 0.1) is 0 Å². The average molecular weight is 254 g/mol. The lowest BCUT2D eigenvalue weighted by Crippen LogP contribution is -1.98. The Hall–Kier alpha value is -1.64. The summed E-state index contributed by atoms with van der Waals surface area (Å²) in [6.45, 7) is 2.08. The molecule has 0 saturated heterocycles. The molecule has 18 heavy (non-hydrogen) atoms. The zero-order valence-electron chi connectivity index (χ0n) is 10.1. The lowest BCUT2D eigenvalue weighted by molar-refractivity contribution is 0.223. The van der Waals surface area contributed by atoms with Gasteiger partial charge in [0.15, 0.2) is 0 Å². The van der Waals surface area contributed by atoms with E-state index in [-0.39, 0.29) is 0 Å². The molecule has 0 aliphatic rings. The van der Waals surface area contributed by atoms with E-state index in [9.17, 15) is 5.11 Å². The predicted molar refractivity (Wildman–Crippen MR) is 77.1 cm³/mol. The molecule has 1 N–H and O–H groups in total. The summed E-state index contributed by atoms with van der Waals surface area (Å²) in [5.41, 5.74) is 2.14. The monoisotopic (exact) mass is 254 g/mol. The molecule has 1 nitrogen and oxygen atoms in total. The second-order valence-electron chi connectivity index (χ2n) is 4.40. The first-order valence-electron chi connectivity index (χ1n) is 5.98. The summed E-state index contributed by atoms with van der Waals surface area (Å²) in [5.74, 6) is 0. The third-order valence-corrected chi connectivity index (χ3v) is 4.57. The Morgan fingerprint density at radius 3 is 2.33 bits per heavy atom. The van der Waals surface area contributed by atoms with Gasteiger partial charge in [0.2, 0.25) is 0 Å². The SMILES string of the molecule is Cc1c(C(O)c2ccccc2)sc2ccccc12. The highest BCUT2D eigenvalue weighted by atomic mass is 32.1. The number of hydrogen-bond acceptors (Lipinski definition) is 2. The van der Waals surface area contributed by atoms with Gasteiger partial charge >= 0.3 is 0 Å². The number of hydrogen-bond donors (Lipinski definition) is 1. The van der Waals surface area contributed by atoms with Crippen LogP contribution >= 0.6 is 11.3 Å². The van der Waals surface area contributed by atoms with Crippen molar-refractivity contribution in [3.05, 3.63) is 70.6 Å². The van der Waals surface area contributed by atoms with Crippen molar-refractivity contribution in [3.8, 4) is 0 Å². The molecule has 0 aliphatic heterocycles. The van der Waals surface area contributed by atoms with Crippen LogP contribution in [0.5, 0.6) is 0 Å². The van der Waals surface area contributed by atoms with Crippen LogP contribution in [0.1, 0.15) is 22.1 Å². The quantitative estimate of drug-likeness (QED) is 0.723. The Kier molecular flexibility index (Phi) is 2.90. The van der Waals surface area contributed by atoms with Gasteiger partial charge in [0.1, 0.15) is 6.10 Å². The standard InChI is InChI=1S/C16H14OS/c1-11-13-9-5-6-10-14(13)18-16(11)15(17)12-7-3-2-4-8-12/h2-10,15,17H,1H3. The number of aryl methyl sites for hydroxylation is 1. The van der Waals surface area contributed by atoms with Gasteiger partial charge < -0.3 is 5.11 Å². The lowest BCUT2D eigenvalue weighted by atomic mass is 10.0. The number of aliphatic hydroxyl groups is 1. The first kappa shape index (κ1) is 11.5. The molecule has 1 atom stereocenters. The van der Waals surface area contributed by atoms with Crippen molar-refractivity contribution < 1.29 is 5.11 Å². The molecular weight excluding hydrogens is 240 g/mol. The fourth-order valence-electron chi connectivity index (χ4n) is 2.24. The molecule has 3 aromatic rings. The molecular formula is C16H14OS. The summed E-state index contributed by atoms with van der Waals surface area (Å²) >= 11 is 1.68. The van der Waals surface area contributed by atoms with E-state index in [4.69, 9.17) is 0 Å². The van der Waals surface area contributed by atoms with Crippen molar-refractivity contribution in [1.82, 2.24) is 0 Å². The van der Waals surface area contributed by atoms with E-state index in [0.29, 0.717) is 0 Å². The first-order valence-corrected chi connectivity index (χ1v) is 6.80. The maximum atomic E-state index is 10.5. The summed E-state index contributed by atoms with van der Waals surface area (Å²) in [6.07, 6.45) is -0.524. The van der Waals surface area contributed by atoms with E-state index in [1.54, 1.807) is 11.3 Å². The van der Waals surface area contributed by atoms with Crippen molar-refractivity contribution in [2.24, 2.45) is 0 Å². The van der Waals surface area contributed by atoms with E-state index in [1.165, 1.54) is 15.6 Å². The molecule has 0 saturated carbocycles. The number of benzene rings is 2. The van der Waals surface area contributed by atoms with Gasteiger partial charge in [-0.15, -0.1) is 11.3 Å². The van der Waals surface area contributed by atoms with Crippen LogP contribution < -0.4 is 0 Å². The Balaban J connectivity index is 2.12. The number of rotatable bonds is 2. The average Bonchev–Trinajstić information content (AvgIpc) is 2.77. The molecule has 1 aromatic heterocycles. The molecule has 90 valence electrons. The first-order chi connectivity index (χ1) is 8.77. The molecule has 0 amide bonds. The van der Waals surface area contributed by atoms with Crippen LogP contribution in [-0.2, 0) is 0 Å². The lowest BCUT2D eigenvalue weighted by Gasteiger charge is -2.10. The van der Waals surface area contributed by atoms with Crippen molar-refractivity contribution in [2.45, 2.75) is 13.0 Å². The fourth-order valence-corrected chi connectivity index (χ4v) is 3.47. The maximum absolute atomic E-state index is 10.5. The number of thiophene rings is 1. The molecule has 0 fully saturated rings. The van der Waals surface area contributed by atoms with Crippen molar-refractivity contribution in [3.63, 3.8) is 0 Å². The molecule has 2 aromatic carbocycles. The van der Waals surface area contributed by atoms with Crippen LogP contribution in [0.25, 0.3) is 10.1 Å². The molecule has 0 radical (unpaired) electrons. The van der Waals surface area contributed by atoms with E-state index >= 15 is 0 Å². The molecule has 2 heteroatoms. The molecule has 3 rings (SSSR count). The Morgan fingerprint density at radius 2 is 1.61 bits per heavy atom. The summed E-state index contributed by atoms with van der Waals surface area (Å²) in [6, 6.07) is 18.1. The van der Waals surface area contributed by atoms with E-state index < -0.39 is 6.10 Å². The second kappa shape index (κ2) is 4.56. The summed E-state index contributed by atoms with van der Waals surface area (Å²) in [4.78, 5) is 1.04. The van der Waals surface area contributed by atoms with Gasteiger partial charge in [-0.2, -0.15) is 0 Å². The topological polar surface area (TPSA) is 20.2 Å². The Bertz CT molecular complexity index is 670. The van der Waals surface area contributed by atoms with Crippen molar-refractivity contribution in [1.29, 1.82) is 0 Å². The van der Waals surface area contributed by atoms with Crippen LogP contribution in [0, 0.1) is 6.92 Å². The van der Waals surface area contributed by atoms with Crippen LogP contribution in [0.15, 0.2) is 54.6 Å². The smallest absolute Gasteiger partial charge is 0.113 e. The number of aliphatic hydroxyl groups excluding tert-OH is 1. The van der Waals surface area contributed by atoms with Gasteiger partial charge in [-0.25, -0.2) is 0 Å². The highest BCUT2D eigenvalue weighted by molar-refractivity contribution is 7.19. The van der Waals surface area contributed by atoms with Crippen LogP contribution in [-0.4, -0.2) is 5.11 Å².